The molecule has 1 aliphatic heterocycles. The van der Waals surface area contributed by atoms with Crippen molar-refractivity contribution in [2.24, 2.45) is 11.8 Å². The summed E-state index contributed by atoms with van der Waals surface area (Å²) in [5, 5.41) is 3.15. The van der Waals surface area contributed by atoms with Gasteiger partial charge in [-0.25, -0.2) is 0 Å². The summed E-state index contributed by atoms with van der Waals surface area (Å²) in [6.07, 6.45) is 0. The molecule has 0 radical (unpaired) electrons. The molecular weight excluding hydrogens is 176 g/mol. The summed E-state index contributed by atoms with van der Waals surface area (Å²) in [4.78, 5) is 13.5. The highest BCUT2D eigenvalue weighted by Gasteiger charge is 2.31. The van der Waals surface area contributed by atoms with E-state index in [1.807, 2.05) is 4.90 Å². The second-order valence-electron chi connectivity index (χ2n) is 4.84. The molecule has 0 atom stereocenters. The van der Waals surface area contributed by atoms with Crippen LogP contribution in [-0.4, -0.2) is 36.5 Å². The monoisotopic (exact) mass is 198 g/mol. The van der Waals surface area contributed by atoms with Gasteiger partial charge in [-0.1, -0.05) is 27.7 Å². The van der Waals surface area contributed by atoms with Gasteiger partial charge in [0.2, 0.25) is 5.91 Å². The van der Waals surface area contributed by atoms with Gasteiger partial charge in [0.05, 0.1) is 6.54 Å². The molecule has 0 aromatic rings. The zero-order valence-electron chi connectivity index (χ0n) is 9.71. The van der Waals surface area contributed by atoms with Crippen LogP contribution in [0.1, 0.15) is 27.7 Å². The Bertz CT molecular complexity index is 195. The Balaban J connectivity index is 2.16. The maximum Gasteiger partial charge on any atom is 0.236 e. The minimum Gasteiger partial charge on any atom is -0.341 e. The third kappa shape index (κ3) is 2.98. The van der Waals surface area contributed by atoms with Crippen molar-refractivity contribution in [3.8, 4) is 0 Å². The van der Waals surface area contributed by atoms with Gasteiger partial charge in [-0.3, -0.25) is 4.79 Å². The molecule has 82 valence electrons. The highest BCUT2D eigenvalue weighted by molar-refractivity contribution is 5.79. The third-order valence-corrected chi connectivity index (χ3v) is 2.87. The molecule has 3 nitrogen and oxygen atoms in total. The molecule has 0 saturated carbocycles. The van der Waals surface area contributed by atoms with E-state index < -0.39 is 0 Å². The minimum atomic E-state index is 0.246. The largest absolute Gasteiger partial charge is 0.341 e. The first-order chi connectivity index (χ1) is 6.50. The van der Waals surface area contributed by atoms with E-state index in [1.54, 1.807) is 0 Å². The molecule has 0 aromatic heterocycles. The van der Waals surface area contributed by atoms with E-state index in [-0.39, 0.29) is 5.91 Å². The van der Waals surface area contributed by atoms with Crippen LogP contribution in [0.2, 0.25) is 0 Å². The van der Waals surface area contributed by atoms with Crippen LogP contribution >= 0.6 is 0 Å². The van der Waals surface area contributed by atoms with Crippen molar-refractivity contribution in [1.82, 2.24) is 10.2 Å². The summed E-state index contributed by atoms with van der Waals surface area (Å²) in [5.41, 5.74) is 0. The molecule has 1 fully saturated rings. The molecule has 0 bridgehead atoms. The number of nitrogens with one attached hydrogen (secondary N) is 1. The zero-order valence-corrected chi connectivity index (χ0v) is 9.71. The molecular formula is C11H22N2O. The van der Waals surface area contributed by atoms with Crippen LogP contribution in [0.5, 0.6) is 0 Å². The number of likely N-dealkylation sites (tertiary alicyclic amines) is 1. The van der Waals surface area contributed by atoms with Crippen LogP contribution in [0, 0.1) is 11.8 Å². The lowest BCUT2D eigenvalue weighted by Gasteiger charge is -2.41. The van der Waals surface area contributed by atoms with Crippen LogP contribution in [-0.2, 0) is 4.79 Å². The summed E-state index contributed by atoms with van der Waals surface area (Å²) >= 11 is 0. The number of carbonyl (C=O) groups is 1. The lowest BCUT2D eigenvalue weighted by atomic mass is 9.88. The van der Waals surface area contributed by atoms with Crippen molar-refractivity contribution >= 4 is 5.91 Å². The Hall–Kier alpha value is -0.570. The fourth-order valence-corrected chi connectivity index (χ4v) is 1.54. The normalized spacial score (nSPS) is 17.7. The Morgan fingerprint density at radius 2 is 1.93 bits per heavy atom. The standard InChI is InChI=1S/C11H22N2O/c1-8(2)10-6-13(7-10)11(14)5-12-9(3)4/h8-10,12H,5-7H2,1-4H3. The van der Waals surface area contributed by atoms with E-state index >= 15 is 0 Å². The summed E-state index contributed by atoms with van der Waals surface area (Å²) in [7, 11) is 0. The van der Waals surface area contributed by atoms with Gasteiger partial charge < -0.3 is 10.2 Å². The molecule has 1 saturated heterocycles. The van der Waals surface area contributed by atoms with E-state index in [2.05, 4.69) is 33.0 Å². The predicted molar refractivity (Wildman–Crippen MR) is 58.0 cm³/mol. The quantitative estimate of drug-likeness (QED) is 0.733. The lowest BCUT2D eigenvalue weighted by Crippen LogP contribution is -2.54. The molecule has 14 heavy (non-hydrogen) atoms. The first kappa shape index (κ1) is 11.5. The van der Waals surface area contributed by atoms with Gasteiger partial charge in [0.1, 0.15) is 0 Å². The van der Waals surface area contributed by atoms with Crippen LogP contribution in [0.25, 0.3) is 0 Å². The molecule has 1 N–H and O–H groups in total. The Morgan fingerprint density at radius 3 is 2.36 bits per heavy atom. The molecule has 1 amide bonds. The number of hydrogen-bond acceptors (Lipinski definition) is 2. The third-order valence-electron chi connectivity index (χ3n) is 2.87. The van der Waals surface area contributed by atoms with E-state index in [0.29, 0.717) is 18.5 Å². The van der Waals surface area contributed by atoms with Gasteiger partial charge in [-0.05, 0) is 11.8 Å². The minimum absolute atomic E-state index is 0.246. The van der Waals surface area contributed by atoms with Crippen LogP contribution in [0.3, 0.4) is 0 Å². The smallest absolute Gasteiger partial charge is 0.236 e. The molecule has 0 unspecified atom stereocenters. The van der Waals surface area contributed by atoms with Crippen LogP contribution in [0.15, 0.2) is 0 Å². The van der Waals surface area contributed by atoms with Crippen LogP contribution < -0.4 is 5.32 Å². The molecule has 1 heterocycles. The van der Waals surface area contributed by atoms with Crippen LogP contribution in [0.4, 0.5) is 0 Å². The average Bonchev–Trinajstić information content (AvgIpc) is 1.97. The Kier molecular flexibility index (Phi) is 3.93. The molecule has 1 rings (SSSR count). The second kappa shape index (κ2) is 4.78. The zero-order chi connectivity index (χ0) is 10.7. The highest BCUT2D eigenvalue weighted by atomic mass is 16.2. The van der Waals surface area contributed by atoms with E-state index in [1.165, 1.54) is 0 Å². The van der Waals surface area contributed by atoms with E-state index in [0.717, 1.165) is 19.0 Å². The van der Waals surface area contributed by atoms with Gasteiger partial charge in [-0.15, -0.1) is 0 Å². The highest BCUT2D eigenvalue weighted by Crippen LogP contribution is 2.22. The Morgan fingerprint density at radius 1 is 1.36 bits per heavy atom. The maximum atomic E-state index is 11.6. The van der Waals surface area contributed by atoms with Crippen molar-refractivity contribution in [2.75, 3.05) is 19.6 Å². The molecule has 1 aliphatic rings. The fourth-order valence-electron chi connectivity index (χ4n) is 1.54. The topological polar surface area (TPSA) is 32.3 Å². The number of carbonyl (C=O) groups excluding carboxylic acids is 1. The van der Waals surface area contributed by atoms with E-state index in [9.17, 15) is 4.79 Å². The first-order valence-electron chi connectivity index (χ1n) is 5.52. The first-order valence-corrected chi connectivity index (χ1v) is 5.52. The Labute approximate surface area is 86.9 Å². The molecule has 3 heteroatoms. The maximum absolute atomic E-state index is 11.6. The number of hydrogen-bond donors (Lipinski definition) is 1. The number of nitrogens with zero attached hydrogens (tertiary/aromatic N) is 1. The van der Waals surface area contributed by atoms with Gasteiger partial charge in [0.15, 0.2) is 0 Å². The summed E-state index contributed by atoms with van der Waals surface area (Å²) < 4.78 is 0. The van der Waals surface area contributed by atoms with Gasteiger partial charge in [-0.2, -0.15) is 0 Å². The van der Waals surface area contributed by atoms with Crippen molar-refractivity contribution in [3.63, 3.8) is 0 Å². The average molecular weight is 198 g/mol. The summed E-state index contributed by atoms with van der Waals surface area (Å²) in [6, 6.07) is 0.390. The van der Waals surface area contributed by atoms with Crippen molar-refractivity contribution in [3.05, 3.63) is 0 Å². The summed E-state index contributed by atoms with van der Waals surface area (Å²) in [5.74, 6) is 1.67. The number of amides is 1. The molecule has 0 aromatic carbocycles. The second-order valence-corrected chi connectivity index (χ2v) is 4.84. The molecule has 0 aliphatic carbocycles. The lowest BCUT2D eigenvalue weighted by molar-refractivity contribution is -0.137. The van der Waals surface area contributed by atoms with Gasteiger partial charge in [0.25, 0.3) is 0 Å². The van der Waals surface area contributed by atoms with Gasteiger partial charge >= 0.3 is 0 Å². The molecule has 0 spiro atoms. The summed E-state index contributed by atoms with van der Waals surface area (Å²) in [6.45, 7) is 11.0. The predicted octanol–water partition coefficient (Wildman–Crippen LogP) is 1.10. The SMILES string of the molecule is CC(C)NCC(=O)N1CC(C(C)C)C1. The van der Waals surface area contributed by atoms with Crippen molar-refractivity contribution in [2.45, 2.75) is 33.7 Å². The van der Waals surface area contributed by atoms with Crippen molar-refractivity contribution in [1.29, 1.82) is 0 Å². The number of rotatable bonds is 4. The van der Waals surface area contributed by atoms with E-state index in [4.69, 9.17) is 0 Å². The fraction of sp³-hybridized carbons (Fsp3) is 0.909. The van der Waals surface area contributed by atoms with Gasteiger partial charge in [0, 0.05) is 19.1 Å². The van der Waals surface area contributed by atoms with Crippen molar-refractivity contribution < 1.29 is 4.79 Å².